The molecule has 7 nitrogen and oxygen atoms in total. The summed E-state index contributed by atoms with van der Waals surface area (Å²) in [6.45, 7) is 5.82. The molecule has 0 aliphatic carbocycles. The van der Waals surface area contributed by atoms with Crippen LogP contribution in [0.1, 0.15) is 34.3 Å². The Labute approximate surface area is 204 Å². The summed E-state index contributed by atoms with van der Waals surface area (Å²) in [6.07, 6.45) is 1.73. The highest BCUT2D eigenvalue weighted by Crippen LogP contribution is 2.34. The number of carbonyl (C=O) groups is 1. The van der Waals surface area contributed by atoms with E-state index in [9.17, 15) is 9.18 Å². The van der Waals surface area contributed by atoms with Crippen molar-refractivity contribution in [2.75, 3.05) is 44.4 Å². The second-order valence-corrected chi connectivity index (χ2v) is 9.08. The van der Waals surface area contributed by atoms with Crippen molar-refractivity contribution in [3.05, 3.63) is 71.0 Å². The van der Waals surface area contributed by atoms with Gasteiger partial charge in [0.05, 0.1) is 37.0 Å². The number of amides is 1. The first-order valence-electron chi connectivity index (χ1n) is 12.1. The Kier molecular flexibility index (Phi) is 7.11. The Morgan fingerprint density at radius 1 is 1.14 bits per heavy atom. The number of morpholine rings is 1. The Bertz CT molecular complexity index is 1170. The van der Waals surface area contributed by atoms with E-state index in [0.29, 0.717) is 51.0 Å². The number of rotatable bonds is 7. The van der Waals surface area contributed by atoms with Gasteiger partial charge >= 0.3 is 0 Å². The third kappa shape index (κ3) is 5.23. The number of nitrogens with zero attached hydrogens (tertiary/aromatic N) is 3. The van der Waals surface area contributed by atoms with Crippen LogP contribution in [0.4, 0.5) is 10.3 Å². The van der Waals surface area contributed by atoms with Crippen molar-refractivity contribution in [2.45, 2.75) is 32.4 Å². The second kappa shape index (κ2) is 10.6. The highest BCUT2D eigenvalue weighted by Gasteiger charge is 2.30. The Balaban J connectivity index is 1.54. The summed E-state index contributed by atoms with van der Waals surface area (Å²) < 4.78 is 31.9. The van der Waals surface area contributed by atoms with Crippen molar-refractivity contribution in [2.24, 2.45) is 0 Å². The molecule has 0 saturated carbocycles. The summed E-state index contributed by atoms with van der Waals surface area (Å²) in [5, 5.41) is 4.44. The summed E-state index contributed by atoms with van der Waals surface area (Å²) in [6, 6.07) is 14.1. The monoisotopic (exact) mass is 479 g/mol. The molecule has 35 heavy (non-hydrogen) atoms. The summed E-state index contributed by atoms with van der Waals surface area (Å²) in [5.74, 6) is -0.279. The minimum atomic E-state index is -0.535. The van der Waals surface area contributed by atoms with Crippen LogP contribution >= 0.6 is 0 Å². The summed E-state index contributed by atoms with van der Waals surface area (Å²) in [7, 11) is 0. The topological polar surface area (TPSA) is 68.0 Å². The van der Waals surface area contributed by atoms with E-state index in [4.69, 9.17) is 14.0 Å². The number of aryl methyl sites for hydroxylation is 1. The lowest BCUT2D eigenvalue weighted by atomic mass is 10.0. The fourth-order valence-corrected chi connectivity index (χ4v) is 4.73. The molecule has 1 aromatic heterocycles. The molecule has 2 aromatic carbocycles. The maximum atomic E-state index is 14.6. The average Bonchev–Trinajstić information content (AvgIpc) is 3.54. The normalized spacial score (nSPS) is 18.1. The number of hydrogen-bond acceptors (Lipinski definition) is 6. The lowest BCUT2D eigenvalue weighted by molar-refractivity contribution is 0.0503. The van der Waals surface area contributed by atoms with Crippen LogP contribution in [-0.2, 0) is 16.0 Å². The van der Waals surface area contributed by atoms with E-state index in [-0.39, 0.29) is 24.1 Å². The molecule has 3 aromatic rings. The van der Waals surface area contributed by atoms with Crippen molar-refractivity contribution in [1.82, 2.24) is 10.1 Å². The van der Waals surface area contributed by atoms with Gasteiger partial charge in [-0.2, -0.15) is 0 Å². The van der Waals surface area contributed by atoms with Crippen molar-refractivity contribution < 1.29 is 23.2 Å². The first kappa shape index (κ1) is 23.5. The van der Waals surface area contributed by atoms with Crippen LogP contribution in [0.25, 0.3) is 11.3 Å². The number of hydrogen-bond donors (Lipinski definition) is 0. The standard InChI is InChI=1S/C27H30FN3O4/c1-19-6-4-7-20(16-19)25-23(27(35-29-25)30-11-14-33-15-12-30)18-31(17-21-8-5-13-34-21)26(32)22-9-2-3-10-24(22)28/h2-4,6-7,9-10,16,21H,5,8,11-15,17-18H2,1H3/t21-/m1/s1. The predicted molar refractivity (Wildman–Crippen MR) is 130 cm³/mol. The highest BCUT2D eigenvalue weighted by atomic mass is 19.1. The Morgan fingerprint density at radius 3 is 2.71 bits per heavy atom. The molecule has 3 heterocycles. The maximum Gasteiger partial charge on any atom is 0.257 e. The Hall–Kier alpha value is -3.23. The smallest absolute Gasteiger partial charge is 0.257 e. The molecule has 2 aliphatic rings. The summed E-state index contributed by atoms with van der Waals surface area (Å²) >= 11 is 0. The lowest BCUT2D eigenvalue weighted by Gasteiger charge is -2.29. The molecule has 1 amide bonds. The predicted octanol–water partition coefficient (Wildman–Crippen LogP) is 4.45. The van der Waals surface area contributed by atoms with Gasteiger partial charge < -0.3 is 23.8 Å². The third-order valence-corrected chi connectivity index (χ3v) is 6.55. The van der Waals surface area contributed by atoms with Gasteiger partial charge in [-0.15, -0.1) is 0 Å². The van der Waals surface area contributed by atoms with Crippen LogP contribution in [0, 0.1) is 12.7 Å². The van der Waals surface area contributed by atoms with Crippen molar-refractivity contribution >= 4 is 11.8 Å². The van der Waals surface area contributed by atoms with Gasteiger partial charge in [0.25, 0.3) is 5.91 Å². The number of ether oxygens (including phenoxy) is 2. The number of carbonyl (C=O) groups excluding carboxylic acids is 1. The molecule has 0 spiro atoms. The molecular formula is C27H30FN3O4. The first-order chi connectivity index (χ1) is 17.1. The van der Waals surface area contributed by atoms with E-state index < -0.39 is 5.82 Å². The largest absolute Gasteiger partial charge is 0.378 e. The minimum absolute atomic E-state index is 0.0481. The minimum Gasteiger partial charge on any atom is -0.378 e. The van der Waals surface area contributed by atoms with Crippen molar-refractivity contribution in [3.8, 4) is 11.3 Å². The molecule has 5 rings (SSSR count). The molecule has 0 N–H and O–H groups in total. The number of halogens is 1. The molecule has 2 aliphatic heterocycles. The van der Waals surface area contributed by atoms with Gasteiger partial charge in [-0.3, -0.25) is 4.79 Å². The molecule has 0 radical (unpaired) electrons. The molecule has 184 valence electrons. The van der Waals surface area contributed by atoms with Gasteiger partial charge in [0.2, 0.25) is 5.88 Å². The third-order valence-electron chi connectivity index (χ3n) is 6.55. The van der Waals surface area contributed by atoms with Gasteiger partial charge in [-0.1, -0.05) is 41.1 Å². The fourth-order valence-electron chi connectivity index (χ4n) is 4.73. The van der Waals surface area contributed by atoms with Gasteiger partial charge in [0.15, 0.2) is 0 Å². The van der Waals surface area contributed by atoms with E-state index in [1.165, 1.54) is 12.1 Å². The van der Waals surface area contributed by atoms with Crippen LogP contribution in [0.3, 0.4) is 0 Å². The number of benzene rings is 2. The Morgan fingerprint density at radius 2 is 1.97 bits per heavy atom. The first-order valence-corrected chi connectivity index (χ1v) is 12.1. The van der Waals surface area contributed by atoms with Crippen LogP contribution < -0.4 is 4.90 Å². The van der Waals surface area contributed by atoms with Crippen LogP contribution in [-0.4, -0.2) is 61.5 Å². The van der Waals surface area contributed by atoms with Gasteiger partial charge in [0, 0.05) is 31.8 Å². The van der Waals surface area contributed by atoms with Crippen LogP contribution in [0.2, 0.25) is 0 Å². The molecular weight excluding hydrogens is 449 g/mol. The fraction of sp³-hybridized carbons (Fsp3) is 0.407. The zero-order chi connectivity index (χ0) is 24.2. The van der Waals surface area contributed by atoms with E-state index >= 15 is 0 Å². The zero-order valence-electron chi connectivity index (χ0n) is 19.9. The SMILES string of the molecule is Cc1cccc(-c2noc(N3CCOCC3)c2CN(C[C@H]2CCCO2)C(=O)c2ccccc2F)c1. The van der Waals surface area contributed by atoms with E-state index in [1.54, 1.807) is 17.0 Å². The van der Waals surface area contributed by atoms with E-state index in [1.807, 2.05) is 31.2 Å². The molecule has 2 fully saturated rings. The van der Waals surface area contributed by atoms with E-state index in [0.717, 1.165) is 29.5 Å². The summed E-state index contributed by atoms with van der Waals surface area (Å²) in [5.41, 5.74) is 3.56. The van der Waals surface area contributed by atoms with Crippen LogP contribution in [0.15, 0.2) is 53.1 Å². The quantitative estimate of drug-likeness (QED) is 0.499. The van der Waals surface area contributed by atoms with Crippen molar-refractivity contribution in [3.63, 3.8) is 0 Å². The molecule has 0 unspecified atom stereocenters. The highest BCUT2D eigenvalue weighted by molar-refractivity contribution is 5.94. The number of aromatic nitrogens is 1. The maximum absolute atomic E-state index is 14.6. The molecule has 2 saturated heterocycles. The molecule has 1 atom stereocenters. The van der Waals surface area contributed by atoms with Gasteiger partial charge in [-0.05, 0) is 38.0 Å². The second-order valence-electron chi connectivity index (χ2n) is 9.08. The number of anilines is 1. The van der Waals surface area contributed by atoms with Gasteiger partial charge in [-0.25, -0.2) is 4.39 Å². The zero-order valence-corrected chi connectivity index (χ0v) is 19.9. The summed E-state index contributed by atoms with van der Waals surface area (Å²) in [4.78, 5) is 17.4. The van der Waals surface area contributed by atoms with Gasteiger partial charge in [0.1, 0.15) is 11.5 Å². The lowest BCUT2D eigenvalue weighted by Crippen LogP contribution is -2.39. The average molecular weight is 480 g/mol. The van der Waals surface area contributed by atoms with Crippen LogP contribution in [0.5, 0.6) is 0 Å². The molecule has 0 bridgehead atoms. The van der Waals surface area contributed by atoms with Crippen molar-refractivity contribution in [1.29, 1.82) is 0 Å². The van der Waals surface area contributed by atoms with E-state index in [2.05, 4.69) is 10.1 Å². The molecule has 8 heteroatoms.